The molecular formula is C7H13O. The van der Waals surface area contributed by atoms with Gasteiger partial charge in [-0.05, 0) is 27.2 Å². The van der Waals surface area contributed by atoms with Crippen molar-refractivity contribution in [2.24, 2.45) is 0 Å². The number of rotatable bonds is 2. The minimum absolute atomic E-state index is 0.575. The van der Waals surface area contributed by atoms with E-state index in [1.54, 1.807) is 19.9 Å². The predicted octanol–water partition coefficient (Wildman–Crippen LogP) is 1.54. The van der Waals surface area contributed by atoms with Gasteiger partial charge >= 0.3 is 0 Å². The van der Waals surface area contributed by atoms with Gasteiger partial charge in [-0.25, -0.2) is 0 Å². The number of aliphatic hydroxyl groups is 1. The van der Waals surface area contributed by atoms with Gasteiger partial charge < -0.3 is 5.11 Å². The van der Waals surface area contributed by atoms with Crippen LogP contribution in [0, 0.1) is 6.92 Å². The molecule has 1 heteroatoms. The summed E-state index contributed by atoms with van der Waals surface area (Å²) in [6.07, 6.45) is 4.22. The van der Waals surface area contributed by atoms with Gasteiger partial charge in [-0.3, -0.25) is 0 Å². The molecule has 0 saturated carbocycles. The van der Waals surface area contributed by atoms with Crippen LogP contribution in [0.4, 0.5) is 0 Å². The van der Waals surface area contributed by atoms with Gasteiger partial charge in [0.1, 0.15) is 0 Å². The van der Waals surface area contributed by atoms with Gasteiger partial charge in [0, 0.05) is 0 Å². The number of hydrogen-bond acceptors (Lipinski definition) is 1. The minimum atomic E-state index is -0.575. The van der Waals surface area contributed by atoms with E-state index in [1.165, 1.54) is 0 Å². The molecule has 1 N–H and O–H groups in total. The summed E-state index contributed by atoms with van der Waals surface area (Å²) in [6, 6.07) is 0. The van der Waals surface area contributed by atoms with E-state index in [2.05, 4.69) is 6.92 Å². The molecule has 0 rings (SSSR count). The molecule has 0 aliphatic heterocycles. The van der Waals surface area contributed by atoms with Crippen molar-refractivity contribution in [1.82, 2.24) is 0 Å². The third kappa shape index (κ3) is 5.70. The maximum atomic E-state index is 9.07. The topological polar surface area (TPSA) is 20.2 Å². The van der Waals surface area contributed by atoms with Gasteiger partial charge in [0.25, 0.3) is 0 Å². The van der Waals surface area contributed by atoms with Crippen LogP contribution in [0.25, 0.3) is 0 Å². The van der Waals surface area contributed by atoms with Gasteiger partial charge in [-0.15, -0.1) is 0 Å². The quantitative estimate of drug-likeness (QED) is 0.576. The Morgan fingerprint density at radius 1 is 1.62 bits per heavy atom. The van der Waals surface area contributed by atoms with E-state index >= 15 is 0 Å². The van der Waals surface area contributed by atoms with Crippen molar-refractivity contribution in [3.05, 3.63) is 19.1 Å². The lowest BCUT2D eigenvalue weighted by Gasteiger charge is -2.12. The first-order valence-electron chi connectivity index (χ1n) is 2.73. The largest absolute Gasteiger partial charge is 0.390 e. The fourth-order valence-corrected chi connectivity index (χ4v) is 0.372. The van der Waals surface area contributed by atoms with E-state index < -0.39 is 5.60 Å². The Hall–Kier alpha value is -0.300. The molecule has 1 radical (unpaired) electrons. The van der Waals surface area contributed by atoms with Gasteiger partial charge in [-0.2, -0.15) is 0 Å². The molecule has 0 fully saturated rings. The van der Waals surface area contributed by atoms with Crippen LogP contribution in [-0.4, -0.2) is 10.7 Å². The Morgan fingerprint density at radius 2 is 2.12 bits per heavy atom. The zero-order valence-electron chi connectivity index (χ0n) is 5.52. The summed E-state index contributed by atoms with van der Waals surface area (Å²) in [5, 5.41) is 9.07. The van der Waals surface area contributed by atoms with Crippen LogP contribution in [-0.2, 0) is 0 Å². The first kappa shape index (κ1) is 7.70. The van der Waals surface area contributed by atoms with Crippen LogP contribution in [0.5, 0.6) is 0 Å². The van der Waals surface area contributed by atoms with E-state index in [-0.39, 0.29) is 0 Å². The third-order valence-electron chi connectivity index (χ3n) is 0.784. The van der Waals surface area contributed by atoms with E-state index in [0.717, 1.165) is 0 Å². The highest BCUT2D eigenvalue weighted by Crippen LogP contribution is 2.06. The van der Waals surface area contributed by atoms with E-state index in [0.29, 0.717) is 6.42 Å². The lowest BCUT2D eigenvalue weighted by atomic mass is 10.1. The summed E-state index contributed by atoms with van der Waals surface area (Å²) in [5.74, 6) is 0. The zero-order valence-corrected chi connectivity index (χ0v) is 5.52. The van der Waals surface area contributed by atoms with Gasteiger partial charge in [0.15, 0.2) is 0 Å². The van der Waals surface area contributed by atoms with Gasteiger partial charge in [0.2, 0.25) is 0 Å². The molecule has 0 bridgehead atoms. The summed E-state index contributed by atoms with van der Waals surface area (Å²) >= 11 is 0. The van der Waals surface area contributed by atoms with Crippen LogP contribution in [0.3, 0.4) is 0 Å². The molecule has 0 spiro atoms. The zero-order chi connectivity index (χ0) is 6.62. The molecule has 0 aromatic carbocycles. The van der Waals surface area contributed by atoms with Crippen molar-refractivity contribution in [3.63, 3.8) is 0 Å². The molecule has 0 aliphatic rings. The van der Waals surface area contributed by atoms with Gasteiger partial charge in [-0.1, -0.05) is 12.2 Å². The summed E-state index contributed by atoms with van der Waals surface area (Å²) < 4.78 is 0. The van der Waals surface area contributed by atoms with Crippen LogP contribution < -0.4 is 0 Å². The first-order chi connectivity index (χ1) is 3.56. The van der Waals surface area contributed by atoms with Crippen molar-refractivity contribution in [3.8, 4) is 0 Å². The second-order valence-electron chi connectivity index (χ2n) is 2.49. The van der Waals surface area contributed by atoms with E-state index in [4.69, 9.17) is 5.11 Å². The lowest BCUT2D eigenvalue weighted by Crippen LogP contribution is -2.16. The monoisotopic (exact) mass is 113 g/mol. The molecule has 0 unspecified atom stereocenters. The summed E-state index contributed by atoms with van der Waals surface area (Å²) in [4.78, 5) is 0. The van der Waals surface area contributed by atoms with Gasteiger partial charge in [0.05, 0.1) is 5.60 Å². The average molecular weight is 113 g/mol. The van der Waals surface area contributed by atoms with Crippen LogP contribution >= 0.6 is 0 Å². The minimum Gasteiger partial charge on any atom is -0.390 e. The van der Waals surface area contributed by atoms with Crippen molar-refractivity contribution >= 4 is 0 Å². The van der Waals surface area contributed by atoms with Crippen LogP contribution in [0.1, 0.15) is 20.3 Å². The van der Waals surface area contributed by atoms with Crippen molar-refractivity contribution in [2.75, 3.05) is 0 Å². The number of allylic oxidation sites excluding steroid dienone is 1. The highest BCUT2D eigenvalue weighted by atomic mass is 16.3. The second kappa shape index (κ2) is 2.88. The summed E-state index contributed by atoms with van der Waals surface area (Å²) in [7, 11) is 0. The van der Waals surface area contributed by atoms with Crippen LogP contribution in [0.2, 0.25) is 0 Å². The molecule has 8 heavy (non-hydrogen) atoms. The molecule has 0 saturated heterocycles. The standard InChI is InChI=1S/C7H13O/c1-4-5-6-7(2,3)8/h4-5,8H,1,6H2,2-3H3/b5-4+. The Kier molecular flexibility index (Phi) is 2.77. The SMILES string of the molecule is [CH2]/C=C/CC(C)(C)O. The third-order valence-corrected chi connectivity index (χ3v) is 0.784. The molecule has 0 atom stereocenters. The summed E-state index contributed by atoms with van der Waals surface area (Å²) in [5.41, 5.74) is -0.575. The van der Waals surface area contributed by atoms with E-state index in [1.807, 2.05) is 6.08 Å². The first-order valence-corrected chi connectivity index (χ1v) is 2.73. The maximum absolute atomic E-state index is 9.07. The molecule has 47 valence electrons. The Morgan fingerprint density at radius 3 is 2.25 bits per heavy atom. The van der Waals surface area contributed by atoms with Crippen molar-refractivity contribution in [1.29, 1.82) is 0 Å². The predicted molar refractivity (Wildman–Crippen MR) is 35.4 cm³/mol. The fraction of sp³-hybridized carbons (Fsp3) is 0.571. The van der Waals surface area contributed by atoms with E-state index in [9.17, 15) is 0 Å². The average Bonchev–Trinajstić information content (AvgIpc) is 1.59. The highest BCUT2D eigenvalue weighted by Gasteiger charge is 2.07. The van der Waals surface area contributed by atoms with Crippen molar-refractivity contribution < 1.29 is 5.11 Å². The molecule has 0 aromatic heterocycles. The Bertz CT molecular complexity index is 76.9. The fourth-order valence-electron chi connectivity index (χ4n) is 0.372. The highest BCUT2D eigenvalue weighted by molar-refractivity contribution is 4.88. The molecule has 0 aliphatic carbocycles. The Labute approximate surface area is 51.0 Å². The molecular weight excluding hydrogens is 100 g/mol. The van der Waals surface area contributed by atoms with Crippen LogP contribution in [0.15, 0.2) is 12.2 Å². The van der Waals surface area contributed by atoms with Crippen molar-refractivity contribution in [2.45, 2.75) is 25.9 Å². The second-order valence-corrected chi connectivity index (χ2v) is 2.49. The lowest BCUT2D eigenvalue weighted by molar-refractivity contribution is 0.0839. The molecule has 1 nitrogen and oxygen atoms in total. The molecule has 0 heterocycles. The molecule has 0 aromatic rings. The molecule has 0 amide bonds. The maximum Gasteiger partial charge on any atom is 0.0626 e. The summed E-state index contributed by atoms with van der Waals surface area (Å²) in [6.45, 7) is 7.04. The Balaban J connectivity index is 3.39. The normalized spacial score (nSPS) is 13.0. The number of hydrogen-bond donors (Lipinski definition) is 1. The smallest absolute Gasteiger partial charge is 0.0626 e.